The Morgan fingerprint density at radius 3 is 2.45 bits per heavy atom. The molecule has 0 radical (unpaired) electrons. The zero-order chi connectivity index (χ0) is 13.8. The third kappa shape index (κ3) is 2.69. The minimum atomic E-state index is 0.867. The molecule has 2 nitrogen and oxygen atoms in total. The highest BCUT2D eigenvalue weighted by molar-refractivity contribution is 5.80. The Kier molecular flexibility index (Phi) is 3.46. The molecule has 0 aliphatic carbocycles. The average molecular weight is 261 g/mol. The van der Waals surface area contributed by atoms with Crippen LogP contribution < -0.4 is 4.74 Å². The normalized spacial score (nSPS) is 11.1. The maximum absolute atomic E-state index is 5.14. The Hall–Kier alpha value is -2.61. The van der Waals surface area contributed by atoms with Crippen LogP contribution in [-0.4, -0.2) is 12.1 Å². The Morgan fingerprint density at radius 2 is 1.65 bits per heavy atom. The van der Waals surface area contributed by atoms with Crippen LogP contribution in [-0.2, 0) is 0 Å². The summed E-state index contributed by atoms with van der Waals surface area (Å²) in [6.07, 6.45) is 4.07. The van der Waals surface area contributed by atoms with Crippen molar-refractivity contribution in [3.8, 4) is 5.75 Å². The molecule has 0 bridgehead atoms. The van der Waals surface area contributed by atoms with Gasteiger partial charge < -0.3 is 4.74 Å². The number of methoxy groups -OCH3 is 1. The van der Waals surface area contributed by atoms with E-state index in [1.165, 1.54) is 0 Å². The lowest BCUT2D eigenvalue weighted by molar-refractivity contribution is 0.415. The summed E-state index contributed by atoms with van der Waals surface area (Å²) in [6, 6.07) is 20.2. The number of nitrogens with zero attached hydrogens (tertiary/aromatic N) is 1. The fraction of sp³-hybridized carbons (Fsp3) is 0.0556. The van der Waals surface area contributed by atoms with Crippen LogP contribution in [0.15, 0.2) is 60.7 Å². The molecule has 0 N–H and O–H groups in total. The van der Waals surface area contributed by atoms with Gasteiger partial charge in [0.1, 0.15) is 5.75 Å². The number of benzene rings is 2. The van der Waals surface area contributed by atoms with E-state index in [1.807, 2.05) is 54.6 Å². The van der Waals surface area contributed by atoms with Gasteiger partial charge in [0.2, 0.25) is 0 Å². The number of ether oxygens (including phenoxy) is 1. The van der Waals surface area contributed by atoms with E-state index < -0.39 is 0 Å². The first-order valence-electron chi connectivity index (χ1n) is 6.53. The second-order valence-electron chi connectivity index (χ2n) is 4.54. The van der Waals surface area contributed by atoms with E-state index in [0.29, 0.717) is 0 Å². The summed E-state index contributed by atoms with van der Waals surface area (Å²) in [7, 11) is 1.67. The van der Waals surface area contributed by atoms with E-state index in [1.54, 1.807) is 7.11 Å². The first kappa shape index (κ1) is 12.4. The standard InChI is InChI=1S/C18H15NO/c1-20-17-12-7-14(8-13-17)6-10-16-11-9-15-4-2-3-5-18(15)19-16/h2-13H,1H3/b10-6-. The number of rotatable bonds is 3. The zero-order valence-corrected chi connectivity index (χ0v) is 11.3. The maximum atomic E-state index is 5.14. The van der Waals surface area contributed by atoms with Crippen LogP contribution >= 0.6 is 0 Å². The average Bonchev–Trinajstić information content (AvgIpc) is 2.53. The molecule has 2 aromatic carbocycles. The van der Waals surface area contributed by atoms with Crippen LogP contribution in [0.4, 0.5) is 0 Å². The first-order chi connectivity index (χ1) is 9.85. The fourth-order valence-corrected chi connectivity index (χ4v) is 2.07. The van der Waals surface area contributed by atoms with Gasteiger partial charge in [-0.05, 0) is 35.9 Å². The lowest BCUT2D eigenvalue weighted by Crippen LogP contribution is -1.83. The van der Waals surface area contributed by atoms with Crippen molar-refractivity contribution in [2.45, 2.75) is 0 Å². The van der Waals surface area contributed by atoms with Crippen LogP contribution in [0.3, 0.4) is 0 Å². The summed E-state index contributed by atoms with van der Waals surface area (Å²) in [5, 5.41) is 1.16. The third-order valence-electron chi connectivity index (χ3n) is 3.18. The summed E-state index contributed by atoms with van der Waals surface area (Å²) in [5.41, 5.74) is 3.10. The van der Waals surface area contributed by atoms with E-state index in [2.05, 4.69) is 23.2 Å². The van der Waals surface area contributed by atoms with E-state index in [-0.39, 0.29) is 0 Å². The molecule has 0 fully saturated rings. The molecule has 0 unspecified atom stereocenters. The SMILES string of the molecule is COc1ccc(/C=C\c2ccc3ccccc3n2)cc1. The van der Waals surface area contributed by atoms with Crippen molar-refractivity contribution in [3.63, 3.8) is 0 Å². The topological polar surface area (TPSA) is 22.1 Å². The van der Waals surface area contributed by atoms with Crippen molar-refractivity contribution in [1.82, 2.24) is 4.98 Å². The predicted molar refractivity (Wildman–Crippen MR) is 83.7 cm³/mol. The Bertz CT molecular complexity index is 745. The Balaban J connectivity index is 1.85. The molecule has 0 saturated heterocycles. The van der Waals surface area contributed by atoms with E-state index in [0.717, 1.165) is 27.9 Å². The fourth-order valence-electron chi connectivity index (χ4n) is 2.07. The van der Waals surface area contributed by atoms with Crippen molar-refractivity contribution in [3.05, 3.63) is 71.9 Å². The van der Waals surface area contributed by atoms with E-state index >= 15 is 0 Å². The van der Waals surface area contributed by atoms with Gasteiger partial charge in [0, 0.05) is 5.39 Å². The van der Waals surface area contributed by atoms with Crippen LogP contribution in [0.5, 0.6) is 5.75 Å². The molecule has 98 valence electrons. The molecular formula is C18H15NO. The number of fused-ring (bicyclic) bond motifs is 1. The number of hydrogen-bond donors (Lipinski definition) is 0. The van der Waals surface area contributed by atoms with Gasteiger partial charge in [0.05, 0.1) is 18.3 Å². The summed E-state index contributed by atoms with van der Waals surface area (Å²) >= 11 is 0. The van der Waals surface area contributed by atoms with Crippen molar-refractivity contribution < 1.29 is 4.74 Å². The Morgan fingerprint density at radius 1 is 0.850 bits per heavy atom. The van der Waals surface area contributed by atoms with Gasteiger partial charge in [0.25, 0.3) is 0 Å². The summed E-state index contributed by atoms with van der Waals surface area (Å²) in [6.45, 7) is 0. The molecule has 0 aliphatic rings. The zero-order valence-electron chi connectivity index (χ0n) is 11.3. The highest BCUT2D eigenvalue weighted by Gasteiger charge is 1.95. The molecule has 0 aliphatic heterocycles. The number of para-hydroxylation sites is 1. The van der Waals surface area contributed by atoms with Crippen LogP contribution in [0.1, 0.15) is 11.3 Å². The summed E-state index contributed by atoms with van der Waals surface area (Å²) < 4.78 is 5.14. The van der Waals surface area contributed by atoms with Crippen molar-refractivity contribution in [2.24, 2.45) is 0 Å². The van der Waals surface area contributed by atoms with Crippen LogP contribution in [0.2, 0.25) is 0 Å². The van der Waals surface area contributed by atoms with Crippen molar-refractivity contribution in [1.29, 1.82) is 0 Å². The lowest BCUT2D eigenvalue weighted by atomic mass is 10.1. The molecule has 0 amide bonds. The van der Waals surface area contributed by atoms with Crippen LogP contribution in [0, 0.1) is 0 Å². The molecule has 1 aromatic heterocycles. The molecule has 0 spiro atoms. The predicted octanol–water partition coefficient (Wildman–Crippen LogP) is 4.41. The monoisotopic (exact) mass is 261 g/mol. The van der Waals surface area contributed by atoms with Gasteiger partial charge in [-0.1, -0.05) is 42.5 Å². The van der Waals surface area contributed by atoms with Gasteiger partial charge in [-0.25, -0.2) is 4.98 Å². The molecule has 3 rings (SSSR count). The highest BCUT2D eigenvalue weighted by atomic mass is 16.5. The molecular weight excluding hydrogens is 246 g/mol. The lowest BCUT2D eigenvalue weighted by Gasteiger charge is -2.00. The van der Waals surface area contributed by atoms with E-state index in [9.17, 15) is 0 Å². The number of pyridine rings is 1. The first-order valence-corrected chi connectivity index (χ1v) is 6.53. The molecule has 0 atom stereocenters. The van der Waals surface area contributed by atoms with Gasteiger partial charge in [-0.15, -0.1) is 0 Å². The third-order valence-corrected chi connectivity index (χ3v) is 3.18. The maximum Gasteiger partial charge on any atom is 0.118 e. The largest absolute Gasteiger partial charge is 0.497 e. The molecule has 2 heteroatoms. The van der Waals surface area contributed by atoms with Crippen molar-refractivity contribution in [2.75, 3.05) is 7.11 Å². The van der Waals surface area contributed by atoms with Gasteiger partial charge in [-0.2, -0.15) is 0 Å². The van der Waals surface area contributed by atoms with Crippen LogP contribution in [0.25, 0.3) is 23.1 Å². The summed E-state index contributed by atoms with van der Waals surface area (Å²) in [5.74, 6) is 0.867. The minimum Gasteiger partial charge on any atom is -0.497 e. The minimum absolute atomic E-state index is 0.867. The van der Waals surface area contributed by atoms with E-state index in [4.69, 9.17) is 4.74 Å². The number of aromatic nitrogens is 1. The smallest absolute Gasteiger partial charge is 0.118 e. The van der Waals surface area contributed by atoms with Crippen molar-refractivity contribution >= 4 is 23.1 Å². The van der Waals surface area contributed by atoms with Gasteiger partial charge in [-0.3, -0.25) is 0 Å². The second-order valence-corrected chi connectivity index (χ2v) is 4.54. The molecule has 0 saturated carbocycles. The molecule has 3 aromatic rings. The highest BCUT2D eigenvalue weighted by Crippen LogP contribution is 2.15. The summed E-state index contributed by atoms with van der Waals surface area (Å²) in [4.78, 5) is 4.61. The molecule has 20 heavy (non-hydrogen) atoms. The second kappa shape index (κ2) is 5.57. The quantitative estimate of drug-likeness (QED) is 0.696. The Labute approximate surface area is 118 Å². The van der Waals surface area contributed by atoms with Gasteiger partial charge >= 0.3 is 0 Å². The van der Waals surface area contributed by atoms with Gasteiger partial charge in [0.15, 0.2) is 0 Å². The number of hydrogen-bond acceptors (Lipinski definition) is 2. The molecule has 1 heterocycles.